The van der Waals surface area contributed by atoms with Crippen LogP contribution in [0.15, 0.2) is 25.3 Å². The van der Waals surface area contributed by atoms with Gasteiger partial charge in [-0.3, -0.25) is 14.5 Å². The lowest BCUT2D eigenvalue weighted by molar-refractivity contribution is -0.140. The molecule has 0 aliphatic rings. The van der Waals surface area contributed by atoms with Crippen LogP contribution in [-0.4, -0.2) is 22.9 Å². The van der Waals surface area contributed by atoms with E-state index < -0.39 is 18.0 Å². The van der Waals surface area contributed by atoms with Gasteiger partial charge in [0.15, 0.2) is 0 Å². The van der Waals surface area contributed by atoms with Crippen molar-refractivity contribution in [2.75, 3.05) is 0 Å². The molecule has 0 heterocycles. The van der Waals surface area contributed by atoms with Gasteiger partial charge in [0.2, 0.25) is 0 Å². The minimum atomic E-state index is -0.666. The summed E-state index contributed by atoms with van der Waals surface area (Å²) in [6.07, 6.45) is 1.40. The van der Waals surface area contributed by atoms with Crippen molar-refractivity contribution in [3.8, 4) is 0 Å². The van der Waals surface area contributed by atoms with Crippen LogP contribution in [0.25, 0.3) is 0 Å². The summed E-state index contributed by atoms with van der Waals surface area (Å²) < 4.78 is 0. The Balaban J connectivity index is 4.65. The highest BCUT2D eigenvalue weighted by Crippen LogP contribution is 1.96. The summed E-state index contributed by atoms with van der Waals surface area (Å²) in [5.41, 5.74) is 5.38. The molecule has 0 spiro atoms. The molecule has 0 radical (unpaired) electrons. The molecular weight excluding hydrogens is 156 g/mol. The molecule has 1 atom stereocenters. The SMILES string of the molecule is C=CC(=O)N(C(=O)C=C)C(C)N. The van der Waals surface area contributed by atoms with Gasteiger partial charge in [0.25, 0.3) is 11.8 Å². The summed E-state index contributed by atoms with van der Waals surface area (Å²) in [7, 11) is 0. The molecule has 1 unspecified atom stereocenters. The molecule has 2 amide bonds. The van der Waals surface area contributed by atoms with E-state index in [0.717, 1.165) is 17.1 Å². The lowest BCUT2D eigenvalue weighted by Crippen LogP contribution is -2.46. The second-order valence-corrected chi connectivity index (χ2v) is 2.20. The summed E-state index contributed by atoms with van der Waals surface area (Å²) in [4.78, 5) is 22.9. The Morgan fingerprint density at radius 2 is 1.67 bits per heavy atom. The van der Waals surface area contributed by atoms with Crippen LogP contribution < -0.4 is 5.73 Å². The summed E-state index contributed by atoms with van der Waals surface area (Å²) in [6, 6.07) is 0. The predicted octanol–water partition coefficient (Wildman–Crippen LogP) is 0.0183. The fraction of sp³-hybridized carbons (Fsp3) is 0.250. The lowest BCUT2D eigenvalue weighted by atomic mass is 10.4. The van der Waals surface area contributed by atoms with Crippen molar-refractivity contribution in [2.45, 2.75) is 13.1 Å². The third-order valence-electron chi connectivity index (χ3n) is 1.23. The molecule has 0 rings (SSSR count). The minimum absolute atomic E-state index is 0.519. The van der Waals surface area contributed by atoms with Crippen molar-refractivity contribution in [1.82, 2.24) is 4.90 Å². The molecule has 66 valence electrons. The van der Waals surface area contributed by atoms with Crippen LogP contribution in [0.3, 0.4) is 0 Å². The molecule has 0 aromatic heterocycles. The van der Waals surface area contributed by atoms with Gasteiger partial charge in [0.05, 0.1) is 6.17 Å². The fourth-order valence-electron chi connectivity index (χ4n) is 0.707. The molecule has 0 aromatic carbocycles. The molecular formula is C8H12N2O2. The summed E-state index contributed by atoms with van der Waals surface area (Å²) in [5, 5.41) is 0. The molecule has 0 aromatic rings. The topological polar surface area (TPSA) is 63.4 Å². The highest BCUT2D eigenvalue weighted by atomic mass is 16.2. The van der Waals surface area contributed by atoms with Crippen molar-refractivity contribution < 1.29 is 9.59 Å². The predicted molar refractivity (Wildman–Crippen MR) is 45.9 cm³/mol. The Bertz CT molecular complexity index is 201. The van der Waals surface area contributed by atoms with E-state index in [0.29, 0.717) is 0 Å². The quantitative estimate of drug-likeness (QED) is 0.477. The zero-order chi connectivity index (χ0) is 9.72. The maximum atomic E-state index is 11.0. The van der Waals surface area contributed by atoms with Crippen molar-refractivity contribution in [3.05, 3.63) is 25.3 Å². The standard InChI is InChI=1S/C8H12N2O2/c1-4-7(11)10(6(3)9)8(12)5-2/h4-6H,1-2,9H2,3H3. The number of imide groups is 1. The number of hydrogen-bond donors (Lipinski definition) is 1. The molecule has 0 saturated heterocycles. The number of hydrogen-bond acceptors (Lipinski definition) is 3. The molecule has 4 nitrogen and oxygen atoms in total. The monoisotopic (exact) mass is 168 g/mol. The van der Waals surface area contributed by atoms with E-state index in [1.807, 2.05) is 0 Å². The molecule has 2 N–H and O–H groups in total. The average molecular weight is 168 g/mol. The molecule has 0 fully saturated rings. The number of amides is 2. The first kappa shape index (κ1) is 10.6. The Morgan fingerprint density at radius 3 is 1.83 bits per heavy atom. The first-order chi connectivity index (χ1) is 5.54. The maximum Gasteiger partial charge on any atom is 0.254 e. The molecule has 4 heteroatoms. The molecule has 0 bridgehead atoms. The average Bonchev–Trinajstić information content (AvgIpc) is 2.03. The Morgan fingerprint density at radius 1 is 1.33 bits per heavy atom. The van der Waals surface area contributed by atoms with E-state index in [9.17, 15) is 9.59 Å². The van der Waals surface area contributed by atoms with Gasteiger partial charge in [-0.15, -0.1) is 0 Å². The van der Waals surface area contributed by atoms with Crippen LogP contribution in [0.5, 0.6) is 0 Å². The molecule has 0 saturated carbocycles. The zero-order valence-corrected chi connectivity index (χ0v) is 6.99. The fourth-order valence-corrected chi connectivity index (χ4v) is 0.707. The van der Waals surface area contributed by atoms with Gasteiger partial charge in [0.1, 0.15) is 0 Å². The van der Waals surface area contributed by atoms with Gasteiger partial charge in [0, 0.05) is 0 Å². The van der Waals surface area contributed by atoms with E-state index >= 15 is 0 Å². The first-order valence-corrected chi connectivity index (χ1v) is 3.42. The van der Waals surface area contributed by atoms with Gasteiger partial charge in [-0.2, -0.15) is 0 Å². The maximum absolute atomic E-state index is 11.0. The summed E-state index contributed by atoms with van der Waals surface area (Å²) >= 11 is 0. The van der Waals surface area contributed by atoms with Crippen LogP contribution in [0, 0.1) is 0 Å². The van der Waals surface area contributed by atoms with Crippen molar-refractivity contribution in [1.29, 1.82) is 0 Å². The largest absolute Gasteiger partial charge is 0.311 e. The number of carbonyl (C=O) groups excluding carboxylic acids is 2. The van der Waals surface area contributed by atoms with E-state index in [-0.39, 0.29) is 0 Å². The van der Waals surface area contributed by atoms with Gasteiger partial charge in [-0.25, -0.2) is 0 Å². The van der Waals surface area contributed by atoms with Crippen LogP contribution in [0.1, 0.15) is 6.92 Å². The molecule has 0 aliphatic carbocycles. The smallest absolute Gasteiger partial charge is 0.254 e. The van der Waals surface area contributed by atoms with Crippen LogP contribution >= 0.6 is 0 Å². The first-order valence-electron chi connectivity index (χ1n) is 3.42. The second kappa shape index (κ2) is 4.46. The van der Waals surface area contributed by atoms with Crippen molar-refractivity contribution >= 4 is 11.8 Å². The van der Waals surface area contributed by atoms with E-state index in [1.165, 1.54) is 6.92 Å². The third kappa shape index (κ3) is 2.32. The molecule has 12 heavy (non-hydrogen) atoms. The Labute approximate surface area is 71.3 Å². The van der Waals surface area contributed by atoms with Crippen LogP contribution in [0.4, 0.5) is 0 Å². The van der Waals surface area contributed by atoms with Gasteiger partial charge < -0.3 is 5.73 Å². The van der Waals surface area contributed by atoms with Gasteiger partial charge >= 0.3 is 0 Å². The van der Waals surface area contributed by atoms with Gasteiger partial charge in [-0.1, -0.05) is 13.2 Å². The molecule has 0 aliphatic heterocycles. The summed E-state index contributed by atoms with van der Waals surface area (Å²) in [6.45, 7) is 8.03. The third-order valence-corrected chi connectivity index (χ3v) is 1.23. The zero-order valence-electron chi connectivity index (χ0n) is 6.99. The van der Waals surface area contributed by atoms with Crippen LogP contribution in [0.2, 0.25) is 0 Å². The van der Waals surface area contributed by atoms with Crippen molar-refractivity contribution in [3.63, 3.8) is 0 Å². The normalized spacial score (nSPS) is 11.5. The Kier molecular flexibility index (Phi) is 3.93. The minimum Gasteiger partial charge on any atom is -0.311 e. The van der Waals surface area contributed by atoms with E-state index in [1.54, 1.807) is 0 Å². The van der Waals surface area contributed by atoms with Crippen LogP contribution in [-0.2, 0) is 9.59 Å². The lowest BCUT2D eigenvalue weighted by Gasteiger charge is -2.21. The number of carbonyl (C=O) groups is 2. The summed E-state index contributed by atoms with van der Waals surface area (Å²) in [5.74, 6) is -1.04. The van der Waals surface area contributed by atoms with Crippen molar-refractivity contribution in [2.24, 2.45) is 5.73 Å². The number of nitrogens with zero attached hydrogens (tertiary/aromatic N) is 1. The second-order valence-electron chi connectivity index (χ2n) is 2.20. The number of rotatable bonds is 3. The van der Waals surface area contributed by atoms with E-state index in [2.05, 4.69) is 13.2 Å². The highest BCUT2D eigenvalue weighted by molar-refractivity contribution is 6.04. The van der Waals surface area contributed by atoms with E-state index in [4.69, 9.17) is 5.73 Å². The highest BCUT2D eigenvalue weighted by Gasteiger charge is 2.19. The Hall–Kier alpha value is -1.42. The number of nitrogens with two attached hydrogens (primary N) is 1. The van der Waals surface area contributed by atoms with Gasteiger partial charge in [-0.05, 0) is 19.1 Å².